The first-order valence-corrected chi connectivity index (χ1v) is 12.2. The van der Waals surface area contributed by atoms with E-state index in [2.05, 4.69) is 20.7 Å². The molecular weight excluding hydrogens is 470 g/mol. The van der Waals surface area contributed by atoms with E-state index in [0.717, 1.165) is 22.6 Å². The summed E-state index contributed by atoms with van der Waals surface area (Å²) in [5.74, 6) is 2.54. The average Bonchev–Trinajstić information content (AvgIpc) is 3.35. The van der Waals surface area contributed by atoms with E-state index in [1.54, 1.807) is 12.1 Å². The maximum Gasteiger partial charge on any atom is 0.288 e. The number of para-hydroxylation sites is 1. The SMILES string of the molecule is CCOc1ccc(CNc2nc(NCc3ccc(OCC)cc3)n(C(=O)COc3ccccc3)n2)cc1. The zero-order valence-corrected chi connectivity index (χ0v) is 21.0. The number of carbonyl (C=O) groups is 1. The molecule has 0 fully saturated rings. The van der Waals surface area contributed by atoms with Crippen molar-refractivity contribution in [1.82, 2.24) is 14.8 Å². The van der Waals surface area contributed by atoms with Gasteiger partial charge in [0.05, 0.1) is 13.2 Å². The van der Waals surface area contributed by atoms with Crippen LogP contribution < -0.4 is 24.8 Å². The van der Waals surface area contributed by atoms with Gasteiger partial charge >= 0.3 is 0 Å². The van der Waals surface area contributed by atoms with E-state index in [4.69, 9.17) is 14.2 Å². The molecular formula is C28H31N5O4. The van der Waals surface area contributed by atoms with Crippen LogP contribution >= 0.6 is 0 Å². The lowest BCUT2D eigenvalue weighted by atomic mass is 10.2. The molecule has 1 heterocycles. The monoisotopic (exact) mass is 501 g/mol. The molecule has 0 aliphatic carbocycles. The zero-order valence-electron chi connectivity index (χ0n) is 21.0. The molecule has 0 radical (unpaired) electrons. The number of rotatable bonds is 13. The lowest BCUT2D eigenvalue weighted by molar-refractivity contribution is 0.0824. The van der Waals surface area contributed by atoms with Crippen LogP contribution in [0, 0.1) is 0 Å². The number of anilines is 2. The van der Waals surface area contributed by atoms with Crippen molar-refractivity contribution in [1.29, 1.82) is 0 Å². The largest absolute Gasteiger partial charge is 0.494 e. The molecule has 37 heavy (non-hydrogen) atoms. The van der Waals surface area contributed by atoms with Crippen LogP contribution in [0.4, 0.5) is 11.9 Å². The highest BCUT2D eigenvalue weighted by atomic mass is 16.5. The van der Waals surface area contributed by atoms with Gasteiger partial charge in [-0.2, -0.15) is 9.67 Å². The van der Waals surface area contributed by atoms with Gasteiger partial charge in [0.1, 0.15) is 17.2 Å². The summed E-state index contributed by atoms with van der Waals surface area (Å²) >= 11 is 0. The number of ether oxygens (including phenoxy) is 3. The number of aromatic nitrogens is 3. The molecule has 2 N–H and O–H groups in total. The molecule has 1 aromatic heterocycles. The van der Waals surface area contributed by atoms with Gasteiger partial charge in [0, 0.05) is 13.1 Å². The van der Waals surface area contributed by atoms with Crippen LogP contribution in [0.15, 0.2) is 78.9 Å². The van der Waals surface area contributed by atoms with Gasteiger partial charge in [-0.05, 0) is 61.4 Å². The third kappa shape index (κ3) is 7.47. The van der Waals surface area contributed by atoms with Crippen LogP contribution in [0.25, 0.3) is 0 Å². The molecule has 0 aliphatic rings. The third-order valence-corrected chi connectivity index (χ3v) is 5.32. The molecule has 4 aromatic rings. The molecule has 0 spiro atoms. The Morgan fingerprint density at radius 3 is 1.84 bits per heavy atom. The van der Waals surface area contributed by atoms with E-state index >= 15 is 0 Å². The van der Waals surface area contributed by atoms with Gasteiger partial charge in [-0.25, -0.2) is 0 Å². The first-order valence-electron chi connectivity index (χ1n) is 12.2. The van der Waals surface area contributed by atoms with Crippen molar-refractivity contribution >= 4 is 17.8 Å². The minimum Gasteiger partial charge on any atom is -0.494 e. The van der Waals surface area contributed by atoms with Gasteiger partial charge in [0.15, 0.2) is 6.61 Å². The maximum atomic E-state index is 13.0. The van der Waals surface area contributed by atoms with E-state index in [-0.39, 0.29) is 12.5 Å². The average molecular weight is 502 g/mol. The molecule has 3 aromatic carbocycles. The van der Waals surface area contributed by atoms with Gasteiger partial charge in [-0.15, -0.1) is 5.10 Å². The van der Waals surface area contributed by atoms with Crippen molar-refractivity contribution in [3.8, 4) is 17.2 Å². The summed E-state index contributed by atoms with van der Waals surface area (Å²) < 4.78 is 17.9. The number of nitrogens with one attached hydrogen (secondary N) is 2. The van der Waals surface area contributed by atoms with E-state index in [1.807, 2.05) is 80.6 Å². The minimum absolute atomic E-state index is 0.177. The Morgan fingerprint density at radius 1 is 0.730 bits per heavy atom. The number of benzene rings is 3. The fourth-order valence-electron chi connectivity index (χ4n) is 3.50. The Bertz CT molecular complexity index is 1260. The normalized spacial score (nSPS) is 10.5. The molecule has 0 atom stereocenters. The third-order valence-electron chi connectivity index (χ3n) is 5.32. The summed E-state index contributed by atoms with van der Waals surface area (Å²) in [4.78, 5) is 17.5. The van der Waals surface area contributed by atoms with Crippen molar-refractivity contribution in [2.24, 2.45) is 0 Å². The fourth-order valence-corrected chi connectivity index (χ4v) is 3.50. The number of hydrogen-bond acceptors (Lipinski definition) is 8. The summed E-state index contributed by atoms with van der Waals surface area (Å²) in [6.07, 6.45) is 0. The Kier molecular flexibility index (Phi) is 8.96. The first-order chi connectivity index (χ1) is 18.1. The number of carbonyl (C=O) groups excluding carboxylic acids is 1. The summed E-state index contributed by atoms with van der Waals surface area (Å²) in [5, 5.41) is 10.8. The Hall–Kier alpha value is -4.53. The molecule has 0 aliphatic heterocycles. The molecule has 4 rings (SSSR count). The zero-order chi connectivity index (χ0) is 25.9. The maximum absolute atomic E-state index is 13.0. The van der Waals surface area contributed by atoms with Gasteiger partial charge in [-0.1, -0.05) is 42.5 Å². The van der Waals surface area contributed by atoms with Crippen molar-refractivity contribution in [2.45, 2.75) is 26.9 Å². The van der Waals surface area contributed by atoms with Crippen molar-refractivity contribution in [2.75, 3.05) is 30.5 Å². The van der Waals surface area contributed by atoms with Crippen LogP contribution in [0.5, 0.6) is 17.2 Å². The lowest BCUT2D eigenvalue weighted by Crippen LogP contribution is -2.22. The van der Waals surface area contributed by atoms with Gasteiger partial charge in [0.25, 0.3) is 5.91 Å². The Labute approximate surface area is 216 Å². The van der Waals surface area contributed by atoms with E-state index < -0.39 is 0 Å². The van der Waals surface area contributed by atoms with Gasteiger partial charge in [-0.3, -0.25) is 4.79 Å². The van der Waals surface area contributed by atoms with Crippen molar-refractivity contribution in [3.63, 3.8) is 0 Å². The highest BCUT2D eigenvalue weighted by molar-refractivity contribution is 5.82. The lowest BCUT2D eigenvalue weighted by Gasteiger charge is -2.09. The molecule has 0 amide bonds. The Morgan fingerprint density at radius 2 is 1.27 bits per heavy atom. The quantitative estimate of drug-likeness (QED) is 0.264. The standard InChI is InChI=1S/C28H31N5O4/c1-3-35-24-14-10-21(11-15-24)18-29-27-31-28(30-19-22-12-16-25(17-13-22)36-4-2)33(32-27)26(34)20-37-23-8-6-5-7-9-23/h5-17H,3-4,18-20H2,1-2H3,(H2,29,30,31,32). The highest BCUT2D eigenvalue weighted by Gasteiger charge is 2.17. The second kappa shape index (κ2) is 13.0. The summed E-state index contributed by atoms with van der Waals surface area (Å²) in [6.45, 7) is 5.89. The predicted molar refractivity (Wildman–Crippen MR) is 142 cm³/mol. The highest BCUT2D eigenvalue weighted by Crippen LogP contribution is 2.17. The molecule has 0 unspecified atom stereocenters. The van der Waals surface area contributed by atoms with Crippen molar-refractivity contribution < 1.29 is 19.0 Å². The molecule has 9 heteroatoms. The molecule has 0 saturated carbocycles. The molecule has 0 bridgehead atoms. The second-order valence-corrected chi connectivity index (χ2v) is 8.03. The molecule has 0 saturated heterocycles. The van der Waals surface area contributed by atoms with E-state index in [0.29, 0.717) is 43.9 Å². The molecule has 192 valence electrons. The summed E-state index contributed by atoms with van der Waals surface area (Å²) in [7, 11) is 0. The van der Waals surface area contributed by atoms with Crippen LogP contribution in [-0.4, -0.2) is 40.5 Å². The topological polar surface area (TPSA) is 99.5 Å². The van der Waals surface area contributed by atoms with Gasteiger partial charge in [0.2, 0.25) is 11.9 Å². The van der Waals surface area contributed by atoms with Crippen molar-refractivity contribution in [3.05, 3.63) is 90.0 Å². The fraction of sp³-hybridized carbons (Fsp3) is 0.250. The van der Waals surface area contributed by atoms with Gasteiger partial charge < -0.3 is 24.8 Å². The van der Waals surface area contributed by atoms with Crippen LogP contribution in [0.3, 0.4) is 0 Å². The minimum atomic E-state index is -0.348. The summed E-state index contributed by atoms with van der Waals surface area (Å²) in [6, 6.07) is 24.7. The smallest absolute Gasteiger partial charge is 0.288 e. The first kappa shape index (κ1) is 25.6. The predicted octanol–water partition coefficient (Wildman–Crippen LogP) is 5.02. The second-order valence-electron chi connectivity index (χ2n) is 8.03. The number of hydrogen-bond donors (Lipinski definition) is 2. The van der Waals surface area contributed by atoms with E-state index in [1.165, 1.54) is 4.68 Å². The van der Waals surface area contributed by atoms with Crippen LogP contribution in [0.2, 0.25) is 0 Å². The number of nitrogens with zero attached hydrogens (tertiary/aromatic N) is 3. The van der Waals surface area contributed by atoms with E-state index in [9.17, 15) is 4.79 Å². The van der Waals surface area contributed by atoms with Crippen LogP contribution in [-0.2, 0) is 13.1 Å². The molecule has 9 nitrogen and oxygen atoms in total. The summed E-state index contributed by atoms with van der Waals surface area (Å²) in [5.41, 5.74) is 2.04. The van der Waals surface area contributed by atoms with Crippen LogP contribution in [0.1, 0.15) is 29.8 Å². The Balaban J connectivity index is 1.45.